The number of methoxy groups -OCH3 is 1. The largest absolute Gasteiger partial charge is 0.497 e. The van der Waals surface area contributed by atoms with Crippen LogP contribution in [0.1, 0.15) is 22.1 Å². The maximum Gasteiger partial charge on any atom is 0.123 e. The van der Waals surface area contributed by atoms with Crippen LogP contribution in [-0.2, 0) is 0 Å². The SMILES string of the molecule is COc1ccc(C(Cl)c2ccc(F)cc2C)cc1. The van der Waals surface area contributed by atoms with Crippen molar-refractivity contribution in [2.24, 2.45) is 0 Å². The summed E-state index contributed by atoms with van der Waals surface area (Å²) in [6, 6.07) is 12.2. The van der Waals surface area contributed by atoms with E-state index in [1.54, 1.807) is 13.2 Å². The number of aryl methyl sites for hydroxylation is 1. The van der Waals surface area contributed by atoms with E-state index >= 15 is 0 Å². The second kappa shape index (κ2) is 5.40. The Morgan fingerprint density at radius 3 is 2.33 bits per heavy atom. The highest BCUT2D eigenvalue weighted by molar-refractivity contribution is 6.22. The van der Waals surface area contributed by atoms with Gasteiger partial charge < -0.3 is 4.74 Å². The molecule has 0 saturated heterocycles. The van der Waals surface area contributed by atoms with Crippen LogP contribution in [0.4, 0.5) is 4.39 Å². The summed E-state index contributed by atoms with van der Waals surface area (Å²) < 4.78 is 18.2. The standard InChI is InChI=1S/C15H14ClFO/c1-10-9-12(17)5-8-14(10)15(16)11-3-6-13(18-2)7-4-11/h3-9,15H,1-2H3. The summed E-state index contributed by atoms with van der Waals surface area (Å²) >= 11 is 6.42. The van der Waals surface area contributed by atoms with E-state index in [1.165, 1.54) is 12.1 Å². The Bertz CT molecular complexity index is 537. The van der Waals surface area contributed by atoms with Crippen LogP contribution >= 0.6 is 11.6 Å². The summed E-state index contributed by atoms with van der Waals surface area (Å²) in [5.74, 6) is 0.549. The summed E-state index contributed by atoms with van der Waals surface area (Å²) in [4.78, 5) is 0. The van der Waals surface area contributed by atoms with Crippen LogP contribution in [0.2, 0.25) is 0 Å². The third-order valence-electron chi connectivity index (χ3n) is 2.91. The highest BCUT2D eigenvalue weighted by Gasteiger charge is 2.13. The minimum absolute atomic E-state index is 0.241. The molecule has 1 nitrogen and oxygen atoms in total. The molecule has 0 aliphatic carbocycles. The highest BCUT2D eigenvalue weighted by atomic mass is 35.5. The molecule has 0 aliphatic heterocycles. The molecule has 1 unspecified atom stereocenters. The van der Waals surface area contributed by atoms with Crippen molar-refractivity contribution in [2.45, 2.75) is 12.3 Å². The Balaban J connectivity index is 2.31. The molecule has 0 saturated carbocycles. The third kappa shape index (κ3) is 2.65. The third-order valence-corrected chi connectivity index (χ3v) is 3.40. The van der Waals surface area contributed by atoms with Gasteiger partial charge in [-0.15, -0.1) is 11.6 Å². The van der Waals surface area contributed by atoms with Crippen LogP contribution in [0.3, 0.4) is 0 Å². The Labute approximate surface area is 111 Å². The van der Waals surface area contributed by atoms with Crippen LogP contribution in [0.25, 0.3) is 0 Å². The van der Waals surface area contributed by atoms with Crippen molar-refractivity contribution < 1.29 is 9.13 Å². The molecule has 0 fully saturated rings. The lowest BCUT2D eigenvalue weighted by atomic mass is 10.00. The van der Waals surface area contributed by atoms with Crippen LogP contribution in [-0.4, -0.2) is 7.11 Å². The molecule has 3 heteroatoms. The van der Waals surface area contributed by atoms with Crippen LogP contribution in [0.15, 0.2) is 42.5 Å². The predicted molar refractivity (Wildman–Crippen MR) is 71.8 cm³/mol. The molecule has 0 spiro atoms. The Morgan fingerprint density at radius 1 is 1.11 bits per heavy atom. The molecule has 0 radical (unpaired) electrons. The predicted octanol–water partition coefficient (Wildman–Crippen LogP) is 4.47. The zero-order chi connectivity index (χ0) is 13.1. The molecule has 0 N–H and O–H groups in total. The molecule has 2 aromatic rings. The van der Waals surface area contributed by atoms with E-state index in [4.69, 9.17) is 16.3 Å². The Morgan fingerprint density at radius 2 is 1.78 bits per heavy atom. The number of rotatable bonds is 3. The number of alkyl halides is 1. The quantitative estimate of drug-likeness (QED) is 0.743. The van der Waals surface area contributed by atoms with Crippen LogP contribution in [0, 0.1) is 12.7 Å². The number of halogens is 2. The molecule has 0 aromatic heterocycles. The minimum Gasteiger partial charge on any atom is -0.497 e. The number of hydrogen-bond donors (Lipinski definition) is 0. The first-order chi connectivity index (χ1) is 8.61. The van der Waals surface area contributed by atoms with Gasteiger partial charge in [0.15, 0.2) is 0 Å². The Hall–Kier alpha value is -1.54. The van der Waals surface area contributed by atoms with Gasteiger partial charge in [-0.25, -0.2) is 4.39 Å². The molecule has 2 rings (SSSR count). The molecule has 0 amide bonds. The molecule has 2 aromatic carbocycles. The van der Waals surface area contributed by atoms with Gasteiger partial charge in [0.05, 0.1) is 12.5 Å². The second-order valence-corrected chi connectivity index (χ2v) is 4.57. The van der Waals surface area contributed by atoms with Gasteiger partial charge in [0.2, 0.25) is 0 Å². The van der Waals surface area contributed by atoms with Gasteiger partial charge in [-0.1, -0.05) is 18.2 Å². The van der Waals surface area contributed by atoms with Gasteiger partial charge in [-0.05, 0) is 47.9 Å². The van der Waals surface area contributed by atoms with Crippen molar-refractivity contribution in [3.05, 3.63) is 65.0 Å². The van der Waals surface area contributed by atoms with E-state index in [1.807, 2.05) is 31.2 Å². The molecule has 0 aliphatic rings. The molecule has 18 heavy (non-hydrogen) atoms. The van der Waals surface area contributed by atoms with Gasteiger partial charge in [0.25, 0.3) is 0 Å². The van der Waals surface area contributed by atoms with Gasteiger partial charge in [-0.3, -0.25) is 0 Å². The molecular formula is C15H14ClFO. The van der Waals surface area contributed by atoms with E-state index < -0.39 is 0 Å². The lowest BCUT2D eigenvalue weighted by Crippen LogP contribution is -1.97. The van der Waals surface area contributed by atoms with Gasteiger partial charge >= 0.3 is 0 Å². The van der Waals surface area contributed by atoms with E-state index in [0.29, 0.717) is 0 Å². The molecule has 0 bridgehead atoms. The van der Waals surface area contributed by atoms with E-state index in [2.05, 4.69) is 0 Å². The lowest BCUT2D eigenvalue weighted by molar-refractivity contribution is 0.414. The van der Waals surface area contributed by atoms with Crippen LogP contribution in [0.5, 0.6) is 5.75 Å². The van der Waals surface area contributed by atoms with Gasteiger partial charge in [0, 0.05) is 0 Å². The zero-order valence-corrected chi connectivity index (χ0v) is 11.0. The highest BCUT2D eigenvalue weighted by Crippen LogP contribution is 2.32. The fourth-order valence-corrected chi connectivity index (χ4v) is 2.27. The Kier molecular flexibility index (Phi) is 3.87. The van der Waals surface area contributed by atoms with Crippen molar-refractivity contribution in [3.8, 4) is 5.75 Å². The van der Waals surface area contributed by atoms with Crippen molar-refractivity contribution in [3.63, 3.8) is 0 Å². The van der Waals surface area contributed by atoms with Crippen molar-refractivity contribution >= 4 is 11.6 Å². The zero-order valence-electron chi connectivity index (χ0n) is 10.3. The van der Waals surface area contributed by atoms with Crippen molar-refractivity contribution in [1.82, 2.24) is 0 Å². The molecule has 0 heterocycles. The smallest absolute Gasteiger partial charge is 0.123 e. The summed E-state index contributed by atoms with van der Waals surface area (Å²) in [6.45, 7) is 1.86. The van der Waals surface area contributed by atoms with Crippen molar-refractivity contribution in [2.75, 3.05) is 7.11 Å². The molecule has 94 valence electrons. The summed E-state index contributed by atoms with van der Waals surface area (Å²) in [5, 5.41) is -0.281. The average Bonchev–Trinajstić information content (AvgIpc) is 2.38. The monoisotopic (exact) mass is 264 g/mol. The fourth-order valence-electron chi connectivity index (χ4n) is 1.88. The number of hydrogen-bond acceptors (Lipinski definition) is 1. The lowest BCUT2D eigenvalue weighted by Gasteiger charge is -2.13. The van der Waals surface area contributed by atoms with Gasteiger partial charge in [-0.2, -0.15) is 0 Å². The first-order valence-electron chi connectivity index (χ1n) is 5.66. The van der Waals surface area contributed by atoms with Gasteiger partial charge in [0.1, 0.15) is 11.6 Å². The first-order valence-corrected chi connectivity index (χ1v) is 6.09. The normalized spacial score (nSPS) is 12.2. The van der Waals surface area contributed by atoms with Crippen molar-refractivity contribution in [1.29, 1.82) is 0 Å². The van der Waals surface area contributed by atoms with Crippen LogP contribution < -0.4 is 4.74 Å². The maximum absolute atomic E-state index is 13.1. The topological polar surface area (TPSA) is 9.23 Å². The second-order valence-electron chi connectivity index (χ2n) is 4.14. The number of benzene rings is 2. The fraction of sp³-hybridized carbons (Fsp3) is 0.200. The maximum atomic E-state index is 13.1. The molecule has 1 atom stereocenters. The molecular weight excluding hydrogens is 251 g/mol. The average molecular weight is 265 g/mol. The first kappa shape index (κ1) is 12.9. The van der Waals surface area contributed by atoms with E-state index in [-0.39, 0.29) is 11.2 Å². The summed E-state index contributed by atoms with van der Waals surface area (Å²) in [7, 11) is 1.62. The number of ether oxygens (including phenoxy) is 1. The van der Waals surface area contributed by atoms with E-state index in [9.17, 15) is 4.39 Å². The van der Waals surface area contributed by atoms with E-state index in [0.717, 1.165) is 22.4 Å². The minimum atomic E-state index is -0.281. The summed E-state index contributed by atoms with van der Waals surface area (Å²) in [6.07, 6.45) is 0. The summed E-state index contributed by atoms with van der Waals surface area (Å²) in [5.41, 5.74) is 2.74.